The topological polar surface area (TPSA) is 70.7 Å². The van der Waals surface area contributed by atoms with Crippen molar-refractivity contribution in [3.8, 4) is 5.75 Å². The van der Waals surface area contributed by atoms with E-state index in [1.807, 2.05) is 36.1 Å². The molecule has 1 aliphatic rings. The largest absolute Gasteiger partial charge is 0.494 e. The number of benzene rings is 1. The third-order valence-electron chi connectivity index (χ3n) is 3.94. The Labute approximate surface area is 137 Å². The number of likely N-dealkylation sites (tertiary alicyclic amines) is 1. The number of carbonyl (C=O) groups excluding carboxylic acids is 2. The highest BCUT2D eigenvalue weighted by Crippen LogP contribution is 2.18. The number of anilines is 1. The number of hydrogen-bond acceptors (Lipinski definition) is 4. The van der Waals surface area contributed by atoms with Gasteiger partial charge in [0.05, 0.1) is 19.1 Å². The first-order valence-corrected chi connectivity index (χ1v) is 8.09. The van der Waals surface area contributed by atoms with Crippen molar-refractivity contribution in [3.05, 3.63) is 24.3 Å². The molecule has 6 heteroatoms. The summed E-state index contributed by atoms with van der Waals surface area (Å²) in [7, 11) is 1.65. The van der Waals surface area contributed by atoms with Crippen LogP contribution in [-0.2, 0) is 9.59 Å². The van der Waals surface area contributed by atoms with Gasteiger partial charge in [0.2, 0.25) is 11.8 Å². The van der Waals surface area contributed by atoms with Crippen LogP contribution in [0.1, 0.15) is 19.8 Å². The van der Waals surface area contributed by atoms with Crippen molar-refractivity contribution in [2.75, 3.05) is 38.6 Å². The number of amides is 2. The first-order valence-electron chi connectivity index (χ1n) is 8.09. The van der Waals surface area contributed by atoms with E-state index in [0.29, 0.717) is 19.7 Å². The molecule has 1 saturated heterocycles. The Balaban J connectivity index is 1.83. The summed E-state index contributed by atoms with van der Waals surface area (Å²) >= 11 is 0. The number of nitrogens with zero attached hydrogens (tertiary/aromatic N) is 1. The van der Waals surface area contributed by atoms with Gasteiger partial charge in [-0.15, -0.1) is 0 Å². The molecule has 0 spiro atoms. The lowest BCUT2D eigenvalue weighted by Crippen LogP contribution is -2.44. The molecule has 1 aliphatic heterocycles. The summed E-state index contributed by atoms with van der Waals surface area (Å²) in [5.74, 6) is 0.760. The first kappa shape index (κ1) is 17.3. The number of piperidine rings is 1. The van der Waals surface area contributed by atoms with Crippen LogP contribution in [0.2, 0.25) is 0 Å². The van der Waals surface area contributed by atoms with E-state index in [1.54, 1.807) is 7.05 Å². The van der Waals surface area contributed by atoms with Crippen LogP contribution in [0, 0.1) is 5.92 Å². The monoisotopic (exact) mass is 319 g/mol. The van der Waals surface area contributed by atoms with Crippen LogP contribution in [-0.4, -0.2) is 50.0 Å². The van der Waals surface area contributed by atoms with Crippen molar-refractivity contribution >= 4 is 17.5 Å². The molecule has 0 radical (unpaired) electrons. The van der Waals surface area contributed by atoms with Gasteiger partial charge < -0.3 is 15.4 Å². The minimum absolute atomic E-state index is 0.0213. The zero-order chi connectivity index (χ0) is 16.7. The lowest BCUT2D eigenvalue weighted by molar-refractivity contribution is -0.127. The molecule has 0 bridgehead atoms. The Morgan fingerprint density at radius 3 is 2.70 bits per heavy atom. The second-order valence-electron chi connectivity index (χ2n) is 5.69. The van der Waals surface area contributed by atoms with Gasteiger partial charge in [0.25, 0.3) is 0 Å². The van der Waals surface area contributed by atoms with E-state index in [4.69, 9.17) is 4.74 Å². The van der Waals surface area contributed by atoms with Crippen molar-refractivity contribution in [2.45, 2.75) is 19.8 Å². The van der Waals surface area contributed by atoms with E-state index in [2.05, 4.69) is 10.6 Å². The molecule has 1 fully saturated rings. The molecule has 126 valence electrons. The molecule has 1 aromatic carbocycles. The average Bonchev–Trinajstić information content (AvgIpc) is 2.56. The van der Waals surface area contributed by atoms with Gasteiger partial charge in [-0.25, -0.2) is 0 Å². The summed E-state index contributed by atoms with van der Waals surface area (Å²) in [5.41, 5.74) is 0.748. The maximum atomic E-state index is 12.2. The number of carbonyl (C=O) groups is 2. The highest BCUT2D eigenvalue weighted by Gasteiger charge is 2.26. The minimum atomic E-state index is -0.0632. The lowest BCUT2D eigenvalue weighted by atomic mass is 9.97. The van der Waals surface area contributed by atoms with Crippen LogP contribution in [0.15, 0.2) is 24.3 Å². The zero-order valence-electron chi connectivity index (χ0n) is 13.8. The van der Waals surface area contributed by atoms with E-state index >= 15 is 0 Å². The molecule has 1 unspecified atom stereocenters. The molecule has 1 aromatic rings. The molecule has 0 saturated carbocycles. The van der Waals surface area contributed by atoms with Gasteiger partial charge in [0.1, 0.15) is 5.75 Å². The molecular formula is C17H25N3O3. The fourth-order valence-corrected chi connectivity index (χ4v) is 2.82. The van der Waals surface area contributed by atoms with Crippen LogP contribution in [0.5, 0.6) is 5.75 Å². The van der Waals surface area contributed by atoms with Crippen molar-refractivity contribution in [1.82, 2.24) is 10.2 Å². The number of ether oxygens (including phenoxy) is 1. The van der Waals surface area contributed by atoms with Crippen LogP contribution in [0.25, 0.3) is 0 Å². The van der Waals surface area contributed by atoms with E-state index in [0.717, 1.165) is 30.8 Å². The Morgan fingerprint density at radius 2 is 2.04 bits per heavy atom. The smallest absolute Gasteiger partial charge is 0.238 e. The second-order valence-corrected chi connectivity index (χ2v) is 5.69. The summed E-state index contributed by atoms with van der Waals surface area (Å²) in [6.45, 7) is 4.34. The normalized spacial score (nSPS) is 18.3. The summed E-state index contributed by atoms with van der Waals surface area (Å²) in [4.78, 5) is 25.9. The highest BCUT2D eigenvalue weighted by atomic mass is 16.5. The Morgan fingerprint density at radius 1 is 1.30 bits per heavy atom. The predicted octanol–water partition coefficient (Wildman–Crippen LogP) is 1.48. The lowest BCUT2D eigenvalue weighted by Gasteiger charge is -2.31. The second kappa shape index (κ2) is 8.53. The van der Waals surface area contributed by atoms with E-state index in [-0.39, 0.29) is 17.7 Å². The van der Waals surface area contributed by atoms with Gasteiger partial charge in [0, 0.05) is 19.3 Å². The molecule has 1 atom stereocenters. The molecule has 23 heavy (non-hydrogen) atoms. The molecular weight excluding hydrogens is 294 g/mol. The SMILES string of the molecule is CCOc1ccc(NC(=O)CN2CCCC(C(=O)NC)C2)cc1. The molecule has 2 rings (SSSR count). The van der Waals surface area contributed by atoms with Crippen molar-refractivity contribution in [2.24, 2.45) is 5.92 Å². The molecule has 1 heterocycles. The molecule has 2 amide bonds. The fraction of sp³-hybridized carbons (Fsp3) is 0.529. The van der Waals surface area contributed by atoms with E-state index in [1.165, 1.54) is 0 Å². The standard InChI is InChI=1S/C17H25N3O3/c1-3-23-15-8-6-14(7-9-15)19-16(21)12-20-10-4-5-13(11-20)17(22)18-2/h6-9,13H,3-5,10-12H2,1-2H3,(H,18,22)(H,19,21). The first-order chi connectivity index (χ1) is 11.1. The number of rotatable bonds is 6. The van der Waals surface area contributed by atoms with Crippen molar-refractivity contribution in [1.29, 1.82) is 0 Å². The quantitative estimate of drug-likeness (QED) is 0.833. The summed E-state index contributed by atoms with van der Waals surface area (Å²) in [6.07, 6.45) is 1.82. The Kier molecular flexibility index (Phi) is 6.40. The fourth-order valence-electron chi connectivity index (χ4n) is 2.82. The highest BCUT2D eigenvalue weighted by molar-refractivity contribution is 5.92. The van der Waals surface area contributed by atoms with Gasteiger partial charge in [-0.1, -0.05) is 0 Å². The van der Waals surface area contributed by atoms with Crippen LogP contribution in [0.3, 0.4) is 0 Å². The van der Waals surface area contributed by atoms with E-state index < -0.39 is 0 Å². The predicted molar refractivity (Wildman–Crippen MR) is 89.5 cm³/mol. The molecule has 0 aromatic heterocycles. The summed E-state index contributed by atoms with van der Waals surface area (Å²) < 4.78 is 5.37. The zero-order valence-corrected chi connectivity index (χ0v) is 13.8. The maximum Gasteiger partial charge on any atom is 0.238 e. The summed E-state index contributed by atoms with van der Waals surface area (Å²) in [5, 5.41) is 5.57. The number of hydrogen-bond donors (Lipinski definition) is 2. The molecule has 2 N–H and O–H groups in total. The van der Waals surface area contributed by atoms with Gasteiger partial charge in [-0.2, -0.15) is 0 Å². The molecule has 6 nitrogen and oxygen atoms in total. The third-order valence-corrected chi connectivity index (χ3v) is 3.94. The van der Waals surface area contributed by atoms with Gasteiger partial charge in [-0.3, -0.25) is 14.5 Å². The van der Waals surface area contributed by atoms with Crippen LogP contribution in [0.4, 0.5) is 5.69 Å². The minimum Gasteiger partial charge on any atom is -0.494 e. The Hall–Kier alpha value is -2.08. The average molecular weight is 319 g/mol. The Bertz CT molecular complexity index is 530. The van der Waals surface area contributed by atoms with E-state index in [9.17, 15) is 9.59 Å². The maximum absolute atomic E-state index is 12.2. The van der Waals surface area contributed by atoms with Crippen molar-refractivity contribution in [3.63, 3.8) is 0 Å². The van der Waals surface area contributed by atoms with Crippen LogP contribution < -0.4 is 15.4 Å². The third kappa shape index (κ3) is 5.25. The van der Waals surface area contributed by atoms with Crippen molar-refractivity contribution < 1.29 is 14.3 Å². The van der Waals surface area contributed by atoms with Gasteiger partial charge >= 0.3 is 0 Å². The number of nitrogens with one attached hydrogen (secondary N) is 2. The summed E-state index contributed by atoms with van der Waals surface area (Å²) in [6, 6.07) is 7.32. The van der Waals surface area contributed by atoms with Gasteiger partial charge in [0.15, 0.2) is 0 Å². The van der Waals surface area contributed by atoms with Crippen LogP contribution >= 0.6 is 0 Å². The molecule has 0 aliphatic carbocycles. The van der Waals surface area contributed by atoms with Gasteiger partial charge in [-0.05, 0) is 50.6 Å².